The Morgan fingerprint density at radius 3 is 2.40 bits per heavy atom. The minimum atomic E-state index is -0.397. The lowest BCUT2D eigenvalue weighted by atomic mass is 10.1. The van der Waals surface area contributed by atoms with E-state index < -0.39 is 6.04 Å². The van der Waals surface area contributed by atoms with Crippen molar-refractivity contribution in [1.82, 2.24) is 4.90 Å². The van der Waals surface area contributed by atoms with Gasteiger partial charge in [-0.05, 0) is 55.8 Å². The molecule has 6 nitrogen and oxygen atoms in total. The molecule has 2 aromatic rings. The van der Waals surface area contributed by atoms with Crippen LogP contribution in [0.4, 0.5) is 11.4 Å². The Morgan fingerprint density at radius 2 is 1.73 bits per heavy atom. The molecule has 0 radical (unpaired) electrons. The second-order valence-corrected chi connectivity index (χ2v) is 8.10. The molecule has 0 aromatic heterocycles. The van der Waals surface area contributed by atoms with Crippen LogP contribution in [0.15, 0.2) is 42.5 Å². The molecule has 1 unspecified atom stereocenters. The van der Waals surface area contributed by atoms with Gasteiger partial charge < -0.3 is 9.64 Å². The van der Waals surface area contributed by atoms with Crippen molar-refractivity contribution < 1.29 is 14.3 Å². The summed E-state index contributed by atoms with van der Waals surface area (Å²) in [5, 5.41) is 0.723. The van der Waals surface area contributed by atoms with Crippen LogP contribution >= 0.6 is 11.6 Å². The van der Waals surface area contributed by atoms with E-state index in [2.05, 4.69) is 16.7 Å². The minimum absolute atomic E-state index is 0.142. The number of benzene rings is 2. The van der Waals surface area contributed by atoms with Gasteiger partial charge in [0, 0.05) is 36.9 Å². The number of rotatable bonds is 5. The van der Waals surface area contributed by atoms with Crippen molar-refractivity contribution >= 4 is 34.8 Å². The van der Waals surface area contributed by atoms with E-state index in [0.29, 0.717) is 12.3 Å². The molecule has 2 aliphatic rings. The van der Waals surface area contributed by atoms with Gasteiger partial charge in [0.25, 0.3) is 5.91 Å². The zero-order valence-corrected chi connectivity index (χ0v) is 18.1. The van der Waals surface area contributed by atoms with E-state index in [4.69, 9.17) is 16.3 Å². The van der Waals surface area contributed by atoms with Crippen LogP contribution in [0.25, 0.3) is 0 Å². The first kappa shape index (κ1) is 20.7. The lowest BCUT2D eigenvalue weighted by Crippen LogP contribution is -2.52. The Morgan fingerprint density at radius 1 is 1.03 bits per heavy atom. The van der Waals surface area contributed by atoms with E-state index in [1.165, 1.54) is 10.5 Å². The second kappa shape index (κ2) is 8.66. The molecule has 2 fully saturated rings. The highest BCUT2D eigenvalue weighted by molar-refractivity contribution is 6.30. The number of hydrogen-bond donors (Lipinski definition) is 0. The van der Waals surface area contributed by atoms with Crippen molar-refractivity contribution in [3.05, 3.63) is 53.1 Å². The number of imide groups is 1. The van der Waals surface area contributed by atoms with Crippen LogP contribution in [-0.2, 0) is 9.59 Å². The first-order chi connectivity index (χ1) is 14.5. The number of piperazine rings is 1. The van der Waals surface area contributed by atoms with E-state index in [9.17, 15) is 9.59 Å². The van der Waals surface area contributed by atoms with Gasteiger partial charge in [0.05, 0.1) is 24.8 Å². The van der Waals surface area contributed by atoms with Gasteiger partial charge in [0.1, 0.15) is 5.75 Å². The average molecular weight is 428 g/mol. The number of nitrogens with zero attached hydrogens (tertiary/aromatic N) is 3. The number of aryl methyl sites for hydroxylation is 1. The van der Waals surface area contributed by atoms with Crippen LogP contribution in [0.3, 0.4) is 0 Å². The summed E-state index contributed by atoms with van der Waals surface area (Å²) in [6, 6.07) is 12.6. The van der Waals surface area contributed by atoms with Crippen molar-refractivity contribution in [2.75, 3.05) is 42.6 Å². The van der Waals surface area contributed by atoms with E-state index in [0.717, 1.165) is 42.6 Å². The molecule has 7 heteroatoms. The highest BCUT2D eigenvalue weighted by Crippen LogP contribution is 2.30. The number of amides is 2. The molecule has 2 saturated heterocycles. The van der Waals surface area contributed by atoms with Gasteiger partial charge in [-0.2, -0.15) is 0 Å². The monoisotopic (exact) mass is 427 g/mol. The number of halogens is 1. The third kappa shape index (κ3) is 4.02. The summed E-state index contributed by atoms with van der Waals surface area (Å²) in [4.78, 5) is 31.5. The van der Waals surface area contributed by atoms with Crippen LogP contribution in [0, 0.1) is 6.92 Å². The average Bonchev–Trinajstić information content (AvgIpc) is 3.05. The third-order valence-electron chi connectivity index (χ3n) is 5.80. The third-order valence-corrected chi connectivity index (χ3v) is 6.03. The van der Waals surface area contributed by atoms with Crippen molar-refractivity contribution in [2.45, 2.75) is 26.3 Å². The Labute approximate surface area is 182 Å². The molecule has 2 aromatic carbocycles. The normalized spacial score (nSPS) is 20.2. The number of carbonyl (C=O) groups is 2. The van der Waals surface area contributed by atoms with E-state index >= 15 is 0 Å². The van der Waals surface area contributed by atoms with Crippen molar-refractivity contribution in [2.24, 2.45) is 0 Å². The first-order valence-corrected chi connectivity index (χ1v) is 10.7. The van der Waals surface area contributed by atoms with E-state index in [1.807, 2.05) is 25.1 Å². The Kier molecular flexibility index (Phi) is 5.97. The summed E-state index contributed by atoms with van der Waals surface area (Å²) in [6.45, 7) is 7.61. The summed E-state index contributed by atoms with van der Waals surface area (Å²) < 4.78 is 5.45. The molecule has 2 aliphatic heterocycles. The van der Waals surface area contributed by atoms with Gasteiger partial charge >= 0.3 is 0 Å². The molecule has 0 spiro atoms. The summed E-state index contributed by atoms with van der Waals surface area (Å²) >= 11 is 6.17. The smallest absolute Gasteiger partial charge is 0.251 e. The molecule has 0 saturated carbocycles. The standard InChI is InChI=1S/C23H26ClN3O3/c1-3-30-19-8-6-18(7-9-19)27-22(28)15-21(23(27)29)26-12-10-25(11-13-26)20-14-17(24)5-4-16(20)2/h4-9,14,21H,3,10-13,15H2,1-2H3. The van der Waals surface area contributed by atoms with Gasteiger partial charge in [-0.15, -0.1) is 0 Å². The summed E-state index contributed by atoms with van der Waals surface area (Å²) in [5.74, 6) is 0.433. The molecule has 0 aliphatic carbocycles. The number of carbonyl (C=O) groups excluding carboxylic acids is 2. The minimum Gasteiger partial charge on any atom is -0.494 e. The van der Waals surface area contributed by atoms with Crippen LogP contribution in [0.1, 0.15) is 18.9 Å². The largest absolute Gasteiger partial charge is 0.494 e. The van der Waals surface area contributed by atoms with Crippen LogP contribution in [-0.4, -0.2) is 55.5 Å². The van der Waals surface area contributed by atoms with Gasteiger partial charge in [-0.3, -0.25) is 14.5 Å². The maximum atomic E-state index is 13.1. The topological polar surface area (TPSA) is 53.1 Å². The van der Waals surface area contributed by atoms with Gasteiger partial charge in [-0.1, -0.05) is 17.7 Å². The van der Waals surface area contributed by atoms with E-state index in [-0.39, 0.29) is 18.2 Å². The van der Waals surface area contributed by atoms with Crippen LogP contribution < -0.4 is 14.5 Å². The zero-order chi connectivity index (χ0) is 21.3. The predicted octanol–water partition coefficient (Wildman–Crippen LogP) is 3.50. The maximum absolute atomic E-state index is 13.1. The lowest BCUT2D eigenvalue weighted by Gasteiger charge is -2.38. The second-order valence-electron chi connectivity index (χ2n) is 7.67. The molecule has 0 bridgehead atoms. The van der Waals surface area contributed by atoms with Gasteiger partial charge in [-0.25, -0.2) is 4.90 Å². The number of hydrogen-bond acceptors (Lipinski definition) is 5. The number of anilines is 2. The molecule has 2 amide bonds. The SMILES string of the molecule is CCOc1ccc(N2C(=O)CC(N3CCN(c4cc(Cl)ccc4C)CC3)C2=O)cc1. The fourth-order valence-corrected chi connectivity index (χ4v) is 4.39. The molecule has 2 heterocycles. The molecule has 1 atom stereocenters. The molecular formula is C23H26ClN3O3. The first-order valence-electron chi connectivity index (χ1n) is 10.3. The fraction of sp³-hybridized carbons (Fsp3) is 0.391. The molecular weight excluding hydrogens is 402 g/mol. The van der Waals surface area contributed by atoms with Gasteiger partial charge in [0.2, 0.25) is 5.91 Å². The summed E-state index contributed by atoms with van der Waals surface area (Å²) in [7, 11) is 0. The number of ether oxygens (including phenoxy) is 1. The van der Waals surface area contributed by atoms with Crippen molar-refractivity contribution in [3.8, 4) is 5.75 Å². The van der Waals surface area contributed by atoms with Crippen LogP contribution in [0.2, 0.25) is 5.02 Å². The Balaban J connectivity index is 1.43. The molecule has 4 rings (SSSR count). The quantitative estimate of drug-likeness (QED) is 0.683. The van der Waals surface area contributed by atoms with E-state index in [1.54, 1.807) is 24.3 Å². The van der Waals surface area contributed by atoms with Crippen molar-refractivity contribution in [1.29, 1.82) is 0 Å². The Bertz CT molecular complexity index is 939. The predicted molar refractivity (Wildman–Crippen MR) is 118 cm³/mol. The van der Waals surface area contributed by atoms with Crippen LogP contribution in [0.5, 0.6) is 5.75 Å². The Hall–Kier alpha value is -2.57. The summed E-state index contributed by atoms with van der Waals surface area (Å²) in [6.07, 6.45) is 0.224. The zero-order valence-electron chi connectivity index (χ0n) is 17.3. The lowest BCUT2D eigenvalue weighted by molar-refractivity contribution is -0.123. The maximum Gasteiger partial charge on any atom is 0.251 e. The molecule has 30 heavy (non-hydrogen) atoms. The highest BCUT2D eigenvalue weighted by atomic mass is 35.5. The van der Waals surface area contributed by atoms with Gasteiger partial charge in [0.15, 0.2) is 0 Å². The molecule has 158 valence electrons. The fourth-order valence-electron chi connectivity index (χ4n) is 4.23. The van der Waals surface area contributed by atoms with Crippen molar-refractivity contribution in [3.63, 3.8) is 0 Å². The summed E-state index contributed by atoms with van der Waals surface area (Å²) in [5.41, 5.74) is 2.91. The highest BCUT2D eigenvalue weighted by Gasteiger charge is 2.43. The molecule has 0 N–H and O–H groups in total.